The first-order chi connectivity index (χ1) is 14.2. The van der Waals surface area contributed by atoms with Crippen LogP contribution >= 0.6 is 0 Å². The van der Waals surface area contributed by atoms with E-state index in [1.807, 2.05) is 18.2 Å². The summed E-state index contributed by atoms with van der Waals surface area (Å²) >= 11 is 0. The molecular formula is C22H27N5O2. The van der Waals surface area contributed by atoms with Gasteiger partial charge in [-0.3, -0.25) is 14.3 Å². The summed E-state index contributed by atoms with van der Waals surface area (Å²) in [4.78, 5) is 23.6. The van der Waals surface area contributed by atoms with Crippen LogP contribution in [0.3, 0.4) is 0 Å². The third-order valence-electron chi connectivity index (χ3n) is 5.65. The van der Waals surface area contributed by atoms with Gasteiger partial charge in [0.25, 0.3) is 5.56 Å². The minimum absolute atomic E-state index is 0.0517. The second kappa shape index (κ2) is 8.71. The van der Waals surface area contributed by atoms with Gasteiger partial charge in [0.05, 0.1) is 17.8 Å². The molecule has 4 rings (SSSR count). The summed E-state index contributed by atoms with van der Waals surface area (Å²) in [6.07, 6.45) is 13.8. The first kappa shape index (κ1) is 19.5. The number of anilines is 1. The molecular weight excluding hydrogens is 366 g/mol. The summed E-state index contributed by atoms with van der Waals surface area (Å²) in [6.45, 7) is 1.70. The lowest BCUT2D eigenvalue weighted by Crippen LogP contribution is -2.50. The number of ether oxygens (including phenoxy) is 1. The number of aromatic nitrogens is 3. The topological polar surface area (TPSA) is 72.3 Å². The maximum atomic E-state index is 12.5. The molecule has 2 aliphatic rings. The van der Waals surface area contributed by atoms with Crippen LogP contribution in [-0.4, -0.2) is 52.9 Å². The minimum atomic E-state index is -0.0517. The summed E-state index contributed by atoms with van der Waals surface area (Å²) in [7, 11) is 3.53. The molecule has 0 radical (unpaired) electrons. The summed E-state index contributed by atoms with van der Waals surface area (Å²) in [5.74, 6) is 0.720. The van der Waals surface area contributed by atoms with E-state index >= 15 is 0 Å². The van der Waals surface area contributed by atoms with Gasteiger partial charge < -0.3 is 15.0 Å². The summed E-state index contributed by atoms with van der Waals surface area (Å²) in [5.41, 5.74) is 1.54. The van der Waals surface area contributed by atoms with Crippen LogP contribution < -0.4 is 15.8 Å². The molecule has 1 N–H and O–H groups in total. The van der Waals surface area contributed by atoms with Crippen LogP contribution in [-0.2, 0) is 11.8 Å². The normalized spacial score (nSPS) is 22.2. The first-order valence-corrected chi connectivity index (χ1v) is 10.0. The van der Waals surface area contributed by atoms with Gasteiger partial charge in [0.2, 0.25) is 5.95 Å². The molecule has 0 bridgehead atoms. The Kier molecular flexibility index (Phi) is 5.87. The maximum absolute atomic E-state index is 12.5. The Labute approximate surface area is 170 Å². The number of allylic oxidation sites excluding steroid dienone is 2. The second-order valence-electron chi connectivity index (χ2n) is 7.50. The van der Waals surface area contributed by atoms with E-state index in [1.165, 1.54) is 0 Å². The van der Waals surface area contributed by atoms with Gasteiger partial charge in [0, 0.05) is 57.3 Å². The molecule has 1 aliphatic heterocycles. The SMILES string of the molecule is COC1C=CC=CC1NC1CCN(c2nc(-c3ccncc3)cc(=O)n2C)CC1. The Morgan fingerprint density at radius 1 is 1.14 bits per heavy atom. The molecule has 1 aliphatic carbocycles. The smallest absolute Gasteiger partial charge is 0.255 e. The minimum Gasteiger partial charge on any atom is -0.375 e. The molecule has 1 saturated heterocycles. The maximum Gasteiger partial charge on any atom is 0.255 e. The Hall–Kier alpha value is -2.77. The number of pyridine rings is 1. The average Bonchev–Trinajstić information content (AvgIpc) is 2.77. The zero-order chi connectivity index (χ0) is 20.2. The zero-order valence-electron chi connectivity index (χ0n) is 16.9. The monoisotopic (exact) mass is 393 g/mol. The molecule has 29 heavy (non-hydrogen) atoms. The van der Waals surface area contributed by atoms with Gasteiger partial charge in [0.1, 0.15) is 0 Å². The van der Waals surface area contributed by atoms with Gasteiger partial charge in [-0.1, -0.05) is 24.3 Å². The Morgan fingerprint density at radius 2 is 1.86 bits per heavy atom. The number of hydrogen-bond donors (Lipinski definition) is 1. The van der Waals surface area contributed by atoms with E-state index in [0.717, 1.165) is 37.4 Å². The van der Waals surface area contributed by atoms with Gasteiger partial charge in [-0.2, -0.15) is 0 Å². The van der Waals surface area contributed by atoms with Crippen molar-refractivity contribution in [2.45, 2.75) is 31.0 Å². The van der Waals surface area contributed by atoms with Crippen molar-refractivity contribution in [2.24, 2.45) is 7.05 Å². The molecule has 2 atom stereocenters. The van der Waals surface area contributed by atoms with E-state index in [-0.39, 0.29) is 17.7 Å². The average molecular weight is 393 g/mol. The quantitative estimate of drug-likeness (QED) is 0.837. The van der Waals surface area contributed by atoms with Crippen LogP contribution in [0.1, 0.15) is 12.8 Å². The standard InChI is InChI=1S/C22H27N5O2/c1-26-21(28)15-19(16-7-11-23-12-8-16)25-22(26)27-13-9-17(10-14-27)24-18-5-3-4-6-20(18)29-2/h3-8,11-12,15,17-18,20,24H,9-10,13-14H2,1-2H3. The molecule has 152 valence electrons. The van der Waals surface area contributed by atoms with E-state index in [1.54, 1.807) is 37.2 Å². The number of nitrogens with one attached hydrogen (secondary N) is 1. The van der Waals surface area contributed by atoms with Crippen LogP contribution in [0.4, 0.5) is 5.95 Å². The van der Waals surface area contributed by atoms with Crippen molar-refractivity contribution < 1.29 is 4.74 Å². The van der Waals surface area contributed by atoms with Crippen LogP contribution in [0.5, 0.6) is 0 Å². The molecule has 2 unspecified atom stereocenters. The fourth-order valence-corrected chi connectivity index (χ4v) is 3.96. The van der Waals surface area contributed by atoms with Crippen molar-refractivity contribution in [3.05, 3.63) is 65.3 Å². The molecule has 7 heteroatoms. The highest BCUT2D eigenvalue weighted by Gasteiger charge is 2.26. The highest BCUT2D eigenvalue weighted by atomic mass is 16.5. The van der Waals surface area contributed by atoms with Crippen molar-refractivity contribution in [3.8, 4) is 11.3 Å². The van der Waals surface area contributed by atoms with Crippen molar-refractivity contribution in [3.63, 3.8) is 0 Å². The molecule has 1 fully saturated rings. The molecule has 3 heterocycles. The van der Waals surface area contributed by atoms with Crippen LogP contribution in [0.2, 0.25) is 0 Å². The second-order valence-corrected chi connectivity index (χ2v) is 7.50. The predicted molar refractivity (Wildman–Crippen MR) is 114 cm³/mol. The van der Waals surface area contributed by atoms with Crippen molar-refractivity contribution >= 4 is 5.95 Å². The van der Waals surface area contributed by atoms with E-state index in [9.17, 15) is 4.79 Å². The number of rotatable bonds is 5. The van der Waals surface area contributed by atoms with Crippen molar-refractivity contribution in [1.82, 2.24) is 19.9 Å². The molecule has 2 aromatic rings. The van der Waals surface area contributed by atoms with Gasteiger partial charge in [-0.25, -0.2) is 4.98 Å². The summed E-state index contributed by atoms with van der Waals surface area (Å²) in [6, 6.07) is 5.94. The van der Waals surface area contributed by atoms with E-state index in [0.29, 0.717) is 11.7 Å². The molecule has 0 saturated carbocycles. The highest BCUT2D eigenvalue weighted by molar-refractivity contribution is 5.59. The number of piperidine rings is 1. The van der Waals surface area contributed by atoms with Gasteiger partial charge in [-0.15, -0.1) is 0 Å². The van der Waals surface area contributed by atoms with Crippen LogP contribution in [0.15, 0.2) is 59.7 Å². The number of nitrogens with zero attached hydrogens (tertiary/aromatic N) is 4. The van der Waals surface area contributed by atoms with Crippen LogP contribution in [0.25, 0.3) is 11.3 Å². The largest absolute Gasteiger partial charge is 0.375 e. The highest BCUT2D eigenvalue weighted by Crippen LogP contribution is 2.22. The lowest BCUT2D eigenvalue weighted by atomic mass is 10.00. The fraction of sp³-hybridized carbons (Fsp3) is 0.409. The molecule has 0 amide bonds. The lowest BCUT2D eigenvalue weighted by molar-refractivity contribution is 0.112. The van der Waals surface area contributed by atoms with Gasteiger partial charge in [0.15, 0.2) is 0 Å². The summed E-state index contributed by atoms with van der Waals surface area (Å²) < 4.78 is 7.19. The summed E-state index contributed by atoms with van der Waals surface area (Å²) in [5, 5.41) is 3.71. The zero-order valence-corrected chi connectivity index (χ0v) is 16.9. The lowest BCUT2D eigenvalue weighted by Gasteiger charge is -2.36. The fourth-order valence-electron chi connectivity index (χ4n) is 3.96. The molecule has 0 aromatic carbocycles. The molecule has 0 spiro atoms. The van der Waals surface area contributed by atoms with Crippen molar-refractivity contribution in [2.75, 3.05) is 25.1 Å². The van der Waals surface area contributed by atoms with Gasteiger partial charge in [-0.05, 0) is 25.0 Å². The van der Waals surface area contributed by atoms with Crippen molar-refractivity contribution in [1.29, 1.82) is 0 Å². The first-order valence-electron chi connectivity index (χ1n) is 10.0. The Balaban J connectivity index is 1.46. The number of hydrogen-bond acceptors (Lipinski definition) is 6. The van der Waals surface area contributed by atoms with E-state index in [2.05, 4.69) is 33.4 Å². The van der Waals surface area contributed by atoms with E-state index < -0.39 is 0 Å². The predicted octanol–water partition coefficient (Wildman–Crippen LogP) is 1.91. The van der Waals surface area contributed by atoms with Crippen LogP contribution in [0, 0.1) is 0 Å². The third-order valence-corrected chi connectivity index (χ3v) is 5.65. The Bertz CT molecular complexity index is 945. The molecule has 7 nitrogen and oxygen atoms in total. The molecule has 2 aromatic heterocycles. The van der Waals surface area contributed by atoms with E-state index in [4.69, 9.17) is 9.72 Å². The third kappa shape index (κ3) is 4.31. The Morgan fingerprint density at radius 3 is 2.59 bits per heavy atom. The number of methoxy groups -OCH3 is 1. The van der Waals surface area contributed by atoms with Gasteiger partial charge >= 0.3 is 0 Å².